The van der Waals surface area contributed by atoms with Crippen molar-refractivity contribution in [3.63, 3.8) is 0 Å². The van der Waals surface area contributed by atoms with E-state index in [1.165, 1.54) is 11.5 Å². The van der Waals surface area contributed by atoms with E-state index < -0.39 is 0 Å². The highest BCUT2D eigenvalue weighted by Gasteiger charge is 2.09. The van der Waals surface area contributed by atoms with Gasteiger partial charge in [-0.1, -0.05) is 28.1 Å². The Morgan fingerprint density at radius 1 is 1.41 bits per heavy atom. The van der Waals surface area contributed by atoms with Crippen LogP contribution < -0.4 is 11.1 Å². The number of hydrogen-bond donors (Lipinski definition) is 2. The molecular weight excluding hydrogens is 300 g/mol. The zero-order valence-electron chi connectivity index (χ0n) is 8.77. The fourth-order valence-corrected chi connectivity index (χ4v) is 2.24. The third kappa shape index (κ3) is 2.75. The summed E-state index contributed by atoms with van der Waals surface area (Å²) in [6, 6.07) is 10.0. The van der Waals surface area contributed by atoms with Crippen LogP contribution in [0.2, 0.25) is 0 Å². The summed E-state index contributed by atoms with van der Waals surface area (Å²) in [6.45, 7) is 0.642. The molecule has 0 radical (unpaired) electrons. The van der Waals surface area contributed by atoms with Crippen molar-refractivity contribution in [2.45, 2.75) is 6.54 Å². The molecule has 0 fully saturated rings. The highest BCUT2D eigenvalue weighted by Crippen LogP contribution is 2.26. The van der Waals surface area contributed by atoms with E-state index >= 15 is 0 Å². The first-order chi connectivity index (χ1) is 8.20. The van der Waals surface area contributed by atoms with Crippen LogP contribution in [-0.4, -0.2) is 4.37 Å². The molecule has 2 aromatic rings. The Kier molecular flexibility index (Phi) is 3.61. The second-order valence-corrected chi connectivity index (χ2v) is 5.05. The topological polar surface area (TPSA) is 74.7 Å². The van der Waals surface area contributed by atoms with Crippen molar-refractivity contribution in [1.82, 2.24) is 4.37 Å². The molecule has 3 N–H and O–H groups in total. The normalized spacial score (nSPS) is 9.88. The van der Waals surface area contributed by atoms with E-state index in [1.54, 1.807) is 0 Å². The highest BCUT2D eigenvalue weighted by atomic mass is 79.9. The molecule has 1 heterocycles. The third-order valence-electron chi connectivity index (χ3n) is 2.20. The van der Waals surface area contributed by atoms with Crippen molar-refractivity contribution in [1.29, 1.82) is 5.26 Å². The molecule has 86 valence electrons. The van der Waals surface area contributed by atoms with Gasteiger partial charge >= 0.3 is 0 Å². The summed E-state index contributed by atoms with van der Waals surface area (Å²) in [6.07, 6.45) is 0. The van der Waals surface area contributed by atoms with E-state index in [9.17, 15) is 0 Å². The van der Waals surface area contributed by atoms with Gasteiger partial charge in [0.1, 0.15) is 16.6 Å². The van der Waals surface area contributed by atoms with Gasteiger partial charge in [0.05, 0.1) is 0 Å². The standard InChI is InChI=1S/C11H9BrN4S/c12-8-3-1-7(2-4-8)6-15-11-9(5-13)10(14)16-17-11/h1-4,15H,6H2,(H2,14,16). The number of nitrogens with two attached hydrogens (primary N) is 1. The van der Waals surface area contributed by atoms with Crippen LogP contribution in [0.3, 0.4) is 0 Å². The Morgan fingerprint density at radius 2 is 2.12 bits per heavy atom. The molecule has 0 saturated heterocycles. The predicted molar refractivity (Wildman–Crippen MR) is 72.7 cm³/mol. The summed E-state index contributed by atoms with van der Waals surface area (Å²) in [5.74, 6) is 0.288. The largest absolute Gasteiger partial charge is 0.382 e. The fourth-order valence-electron chi connectivity index (χ4n) is 1.32. The van der Waals surface area contributed by atoms with E-state index in [0.717, 1.165) is 10.0 Å². The molecule has 2 rings (SSSR count). The molecule has 0 aliphatic rings. The Hall–Kier alpha value is -1.58. The van der Waals surface area contributed by atoms with E-state index in [-0.39, 0.29) is 5.82 Å². The molecule has 6 heteroatoms. The van der Waals surface area contributed by atoms with Crippen LogP contribution in [0.5, 0.6) is 0 Å². The first kappa shape index (κ1) is 11.9. The van der Waals surface area contributed by atoms with Crippen molar-refractivity contribution in [2.24, 2.45) is 0 Å². The van der Waals surface area contributed by atoms with Gasteiger partial charge in [-0.25, -0.2) is 0 Å². The average molecular weight is 309 g/mol. The van der Waals surface area contributed by atoms with Crippen LogP contribution in [0.25, 0.3) is 0 Å². The lowest BCUT2D eigenvalue weighted by atomic mass is 10.2. The monoisotopic (exact) mass is 308 g/mol. The predicted octanol–water partition coefficient (Wildman–Crippen LogP) is 2.97. The molecule has 0 bridgehead atoms. The summed E-state index contributed by atoms with van der Waals surface area (Å²) in [4.78, 5) is 0. The molecule has 4 nitrogen and oxygen atoms in total. The Morgan fingerprint density at radius 3 is 2.76 bits per heavy atom. The van der Waals surface area contributed by atoms with Crippen molar-refractivity contribution >= 4 is 38.3 Å². The van der Waals surface area contributed by atoms with Crippen LogP contribution >= 0.6 is 27.5 Å². The smallest absolute Gasteiger partial charge is 0.157 e. The van der Waals surface area contributed by atoms with Crippen LogP contribution in [0.15, 0.2) is 28.7 Å². The van der Waals surface area contributed by atoms with E-state index in [1.807, 2.05) is 30.3 Å². The van der Waals surface area contributed by atoms with Crippen molar-refractivity contribution in [3.8, 4) is 6.07 Å². The Bertz CT molecular complexity index is 556. The minimum absolute atomic E-state index is 0.288. The summed E-state index contributed by atoms with van der Waals surface area (Å²) >= 11 is 4.58. The van der Waals surface area contributed by atoms with Crippen molar-refractivity contribution < 1.29 is 0 Å². The first-order valence-corrected chi connectivity index (χ1v) is 6.41. The summed E-state index contributed by atoms with van der Waals surface area (Å²) < 4.78 is 4.98. The Labute approximate surface area is 111 Å². The maximum Gasteiger partial charge on any atom is 0.157 e. The third-order valence-corrected chi connectivity index (χ3v) is 3.54. The average Bonchev–Trinajstić information content (AvgIpc) is 2.69. The number of anilines is 2. The van der Waals surface area contributed by atoms with Gasteiger partial charge in [0, 0.05) is 11.0 Å². The number of benzene rings is 1. The van der Waals surface area contributed by atoms with E-state index in [4.69, 9.17) is 11.0 Å². The number of nitrogen functional groups attached to an aromatic ring is 1. The van der Waals surface area contributed by atoms with Crippen LogP contribution in [0.1, 0.15) is 11.1 Å². The molecule has 1 aromatic heterocycles. The van der Waals surface area contributed by atoms with Gasteiger partial charge in [-0.15, -0.1) is 0 Å². The van der Waals surface area contributed by atoms with Crippen molar-refractivity contribution in [3.05, 3.63) is 39.9 Å². The number of aromatic nitrogens is 1. The van der Waals surface area contributed by atoms with Gasteiger partial charge in [0.25, 0.3) is 0 Å². The number of nitrogens with zero attached hydrogens (tertiary/aromatic N) is 2. The fraction of sp³-hybridized carbons (Fsp3) is 0.0909. The van der Waals surface area contributed by atoms with Gasteiger partial charge in [-0.3, -0.25) is 0 Å². The number of nitrogens with one attached hydrogen (secondary N) is 1. The SMILES string of the molecule is N#Cc1c(N)nsc1NCc1ccc(Br)cc1. The summed E-state index contributed by atoms with van der Waals surface area (Å²) in [5.41, 5.74) is 7.12. The molecule has 0 aliphatic carbocycles. The van der Waals surface area contributed by atoms with E-state index in [2.05, 4.69) is 25.6 Å². The maximum atomic E-state index is 8.91. The molecule has 0 atom stereocenters. The number of nitriles is 1. The molecule has 1 aromatic carbocycles. The van der Waals surface area contributed by atoms with Gasteiger partial charge in [0.15, 0.2) is 5.82 Å². The quantitative estimate of drug-likeness (QED) is 0.914. The van der Waals surface area contributed by atoms with Crippen LogP contribution in [0.4, 0.5) is 10.8 Å². The maximum absolute atomic E-state index is 8.91. The lowest BCUT2D eigenvalue weighted by molar-refractivity contribution is 1.16. The zero-order valence-corrected chi connectivity index (χ0v) is 11.2. The van der Waals surface area contributed by atoms with Crippen LogP contribution in [-0.2, 0) is 6.54 Å². The summed E-state index contributed by atoms with van der Waals surface area (Å²) in [7, 11) is 0. The summed E-state index contributed by atoms with van der Waals surface area (Å²) in [5, 5.41) is 12.8. The number of halogens is 1. The lowest BCUT2D eigenvalue weighted by Gasteiger charge is -2.03. The molecule has 0 spiro atoms. The second-order valence-electron chi connectivity index (χ2n) is 3.36. The zero-order chi connectivity index (χ0) is 12.3. The van der Waals surface area contributed by atoms with E-state index in [0.29, 0.717) is 17.1 Å². The molecule has 0 aliphatic heterocycles. The molecular formula is C11H9BrN4S. The highest BCUT2D eigenvalue weighted by molar-refractivity contribution is 9.10. The second kappa shape index (κ2) is 5.17. The van der Waals surface area contributed by atoms with Crippen molar-refractivity contribution in [2.75, 3.05) is 11.1 Å². The van der Waals surface area contributed by atoms with Gasteiger partial charge in [-0.2, -0.15) is 9.64 Å². The molecule has 17 heavy (non-hydrogen) atoms. The molecule has 0 saturated carbocycles. The minimum Gasteiger partial charge on any atom is -0.382 e. The van der Waals surface area contributed by atoms with Gasteiger partial charge < -0.3 is 11.1 Å². The molecule has 0 unspecified atom stereocenters. The lowest BCUT2D eigenvalue weighted by Crippen LogP contribution is -1.99. The number of hydrogen-bond acceptors (Lipinski definition) is 5. The minimum atomic E-state index is 0.288. The molecule has 0 amide bonds. The number of rotatable bonds is 3. The Balaban J connectivity index is 2.08. The van der Waals surface area contributed by atoms with Crippen LogP contribution in [0, 0.1) is 11.3 Å². The first-order valence-electron chi connectivity index (χ1n) is 4.84. The van der Waals surface area contributed by atoms with Gasteiger partial charge in [-0.05, 0) is 29.2 Å². The van der Waals surface area contributed by atoms with Gasteiger partial charge in [0.2, 0.25) is 0 Å².